The molecule has 0 unspecified atom stereocenters. The van der Waals surface area contributed by atoms with Gasteiger partial charge in [-0.1, -0.05) is 0 Å². The summed E-state index contributed by atoms with van der Waals surface area (Å²) < 4.78 is 47.2. The first-order valence-corrected chi connectivity index (χ1v) is 10.6. The summed E-state index contributed by atoms with van der Waals surface area (Å²) in [5, 5.41) is 1.54. The Kier molecular flexibility index (Phi) is 4.71. The van der Waals surface area contributed by atoms with Crippen LogP contribution in [-0.4, -0.2) is 28.6 Å². The number of methoxy groups -OCH3 is 1. The van der Waals surface area contributed by atoms with Gasteiger partial charge in [-0.2, -0.15) is 13.0 Å². The second kappa shape index (κ2) is 6.96. The van der Waals surface area contributed by atoms with Gasteiger partial charge in [-0.3, -0.25) is 0 Å². The summed E-state index contributed by atoms with van der Waals surface area (Å²) in [5.74, 6) is 2.09. The average molecular weight is 436 g/mol. The van der Waals surface area contributed by atoms with Crippen LogP contribution in [0.15, 0.2) is 36.5 Å². The van der Waals surface area contributed by atoms with E-state index in [-0.39, 0.29) is 24.9 Å². The average Bonchev–Trinajstić information content (AvgIpc) is 3.11. The predicted octanol–water partition coefficient (Wildman–Crippen LogP) is -0.570. The quantitative estimate of drug-likeness (QED) is 0.405. The number of hydrogen-bond acceptors (Lipinski definition) is 6. The summed E-state index contributed by atoms with van der Waals surface area (Å²) in [4.78, 5) is 0. The molecule has 0 N–H and O–H groups in total. The zero-order valence-corrected chi connectivity index (χ0v) is 17.3. The van der Waals surface area contributed by atoms with E-state index in [4.69, 9.17) is 18.4 Å². The smallest absolute Gasteiger partial charge is 0.306 e. The lowest BCUT2D eigenvalue weighted by Gasteiger charge is -2.17. The summed E-state index contributed by atoms with van der Waals surface area (Å²) in [6.45, 7) is 0.995. The molecule has 0 spiro atoms. The van der Waals surface area contributed by atoms with Gasteiger partial charge < -0.3 is 30.8 Å². The van der Waals surface area contributed by atoms with Crippen molar-refractivity contribution < 1.29 is 43.8 Å². The van der Waals surface area contributed by atoms with Crippen molar-refractivity contribution in [1.82, 2.24) is 0 Å². The van der Waals surface area contributed by atoms with E-state index in [2.05, 4.69) is 4.57 Å². The topological polar surface area (TPSA) is 74.9 Å². The van der Waals surface area contributed by atoms with Crippen LogP contribution in [-0.2, 0) is 23.1 Å². The number of ether oxygens (including phenoxy) is 3. The maximum atomic E-state index is 11.8. The van der Waals surface area contributed by atoms with Crippen LogP contribution in [0.2, 0.25) is 0 Å². The van der Waals surface area contributed by atoms with Gasteiger partial charge in [0.25, 0.3) is 0 Å². The minimum absolute atomic E-state index is 0. The van der Waals surface area contributed by atoms with Crippen LogP contribution in [0.1, 0.15) is 5.56 Å². The number of aryl methyl sites for hydroxylation is 2. The molecule has 0 aliphatic carbocycles. The predicted molar refractivity (Wildman–Crippen MR) is 101 cm³/mol. The molecule has 2 aliphatic rings. The van der Waals surface area contributed by atoms with E-state index >= 15 is 0 Å². The van der Waals surface area contributed by atoms with E-state index in [1.54, 1.807) is 6.07 Å². The van der Waals surface area contributed by atoms with Gasteiger partial charge in [0.15, 0.2) is 35.7 Å². The molecule has 0 radical (unpaired) electrons. The standard InChI is InChI=1S/C20H18NO6S.ClH/c1-24-17-4-3-12-7-16-14-9-19-18(25-11-26-19)8-13(14)5-6-21(16)10-15(12)20(17)27-28(2,22)23;/h3-4,7-10H,5-6,11H2,1-2H3;1H/q+1;/p-1. The van der Waals surface area contributed by atoms with Gasteiger partial charge in [-0.15, -0.1) is 0 Å². The van der Waals surface area contributed by atoms with Crippen molar-refractivity contribution in [3.05, 3.63) is 42.1 Å². The second-order valence-corrected chi connectivity index (χ2v) is 8.43. The summed E-state index contributed by atoms with van der Waals surface area (Å²) in [5.41, 5.74) is 3.31. The van der Waals surface area contributed by atoms with Crippen molar-refractivity contribution in [2.75, 3.05) is 20.2 Å². The monoisotopic (exact) mass is 435 g/mol. The molecule has 3 heterocycles. The molecule has 7 nitrogen and oxygen atoms in total. The van der Waals surface area contributed by atoms with Crippen LogP contribution in [0, 0.1) is 0 Å². The maximum absolute atomic E-state index is 11.8. The van der Waals surface area contributed by atoms with Gasteiger partial charge in [0.2, 0.25) is 12.5 Å². The summed E-state index contributed by atoms with van der Waals surface area (Å²) in [6, 6.07) is 9.68. The number of pyridine rings is 1. The van der Waals surface area contributed by atoms with Gasteiger partial charge in [0.05, 0.1) is 24.3 Å². The fourth-order valence-corrected chi connectivity index (χ4v) is 4.27. The fourth-order valence-electron chi connectivity index (χ4n) is 3.80. The molecule has 1 aromatic heterocycles. The van der Waals surface area contributed by atoms with E-state index in [0.29, 0.717) is 11.1 Å². The highest BCUT2D eigenvalue weighted by molar-refractivity contribution is 7.86. The van der Waals surface area contributed by atoms with Gasteiger partial charge in [-0.25, -0.2) is 0 Å². The zero-order valence-electron chi connectivity index (χ0n) is 15.8. The van der Waals surface area contributed by atoms with Crippen LogP contribution in [0.5, 0.6) is 23.0 Å². The molecule has 152 valence electrons. The molecular weight excluding hydrogens is 418 g/mol. The SMILES string of the molecule is COc1ccc2cc3[n+](cc2c1OS(C)(=O)=O)CCc1cc2c(cc1-3)OCO2.[Cl-]. The highest BCUT2D eigenvalue weighted by atomic mass is 35.5. The Labute approximate surface area is 174 Å². The van der Waals surface area contributed by atoms with Gasteiger partial charge in [-0.05, 0) is 35.2 Å². The second-order valence-electron chi connectivity index (χ2n) is 6.85. The van der Waals surface area contributed by atoms with E-state index < -0.39 is 10.1 Å². The minimum Gasteiger partial charge on any atom is -1.00 e. The Balaban J connectivity index is 0.00000205. The van der Waals surface area contributed by atoms with Crippen LogP contribution < -0.4 is 35.4 Å². The van der Waals surface area contributed by atoms with Crippen molar-refractivity contribution in [3.63, 3.8) is 0 Å². The highest BCUT2D eigenvalue weighted by Crippen LogP contribution is 2.41. The molecule has 0 fully saturated rings. The molecule has 9 heteroatoms. The Morgan fingerprint density at radius 3 is 2.59 bits per heavy atom. The molecule has 0 amide bonds. The lowest BCUT2D eigenvalue weighted by Crippen LogP contribution is -3.00. The lowest BCUT2D eigenvalue weighted by atomic mass is 9.95. The fraction of sp³-hybridized carbons (Fsp3) is 0.250. The first-order valence-electron chi connectivity index (χ1n) is 8.79. The van der Waals surface area contributed by atoms with Crippen LogP contribution in [0.4, 0.5) is 0 Å². The highest BCUT2D eigenvalue weighted by Gasteiger charge is 2.29. The van der Waals surface area contributed by atoms with Crippen LogP contribution in [0.25, 0.3) is 22.0 Å². The molecule has 0 saturated carbocycles. The molecule has 29 heavy (non-hydrogen) atoms. The number of hydrogen-bond donors (Lipinski definition) is 0. The Bertz CT molecular complexity index is 1240. The van der Waals surface area contributed by atoms with Crippen molar-refractivity contribution in [2.45, 2.75) is 13.0 Å². The Hall–Kier alpha value is -2.71. The zero-order chi connectivity index (χ0) is 19.5. The number of halogens is 1. The van der Waals surface area contributed by atoms with E-state index in [0.717, 1.165) is 47.4 Å². The number of aromatic nitrogens is 1. The van der Waals surface area contributed by atoms with E-state index in [1.165, 1.54) is 12.7 Å². The molecular formula is C20H18ClNO6S. The van der Waals surface area contributed by atoms with Gasteiger partial charge in [0.1, 0.15) is 0 Å². The summed E-state index contributed by atoms with van der Waals surface area (Å²) in [6.07, 6.45) is 3.78. The molecule has 2 aliphatic heterocycles. The number of rotatable bonds is 3. The van der Waals surface area contributed by atoms with Gasteiger partial charge in [0, 0.05) is 12.5 Å². The first kappa shape index (κ1) is 19.6. The van der Waals surface area contributed by atoms with E-state index in [9.17, 15) is 8.42 Å². The maximum Gasteiger partial charge on any atom is 0.306 e. The summed E-state index contributed by atoms with van der Waals surface area (Å²) >= 11 is 0. The van der Waals surface area contributed by atoms with Crippen molar-refractivity contribution in [2.24, 2.45) is 0 Å². The third kappa shape index (κ3) is 3.32. The van der Waals surface area contributed by atoms with E-state index in [1.807, 2.05) is 30.5 Å². The largest absolute Gasteiger partial charge is 1.00 e. The van der Waals surface area contributed by atoms with Gasteiger partial charge >= 0.3 is 10.1 Å². The van der Waals surface area contributed by atoms with Crippen molar-refractivity contribution in [1.29, 1.82) is 0 Å². The number of fused-ring (bicyclic) bond motifs is 5. The molecule has 5 rings (SSSR count). The third-order valence-electron chi connectivity index (χ3n) is 5.03. The molecule has 2 aromatic carbocycles. The molecule has 0 bridgehead atoms. The van der Waals surface area contributed by atoms with Crippen molar-refractivity contribution >= 4 is 20.9 Å². The molecule has 0 atom stereocenters. The Morgan fingerprint density at radius 1 is 1.10 bits per heavy atom. The lowest BCUT2D eigenvalue weighted by molar-refractivity contribution is -0.686. The molecule has 0 saturated heterocycles. The van der Waals surface area contributed by atoms with Crippen LogP contribution >= 0.6 is 0 Å². The first-order chi connectivity index (χ1) is 13.4. The number of benzene rings is 2. The number of nitrogens with zero attached hydrogens (tertiary/aromatic N) is 1. The van der Waals surface area contributed by atoms with Crippen LogP contribution in [0.3, 0.4) is 0 Å². The van der Waals surface area contributed by atoms with Crippen molar-refractivity contribution in [3.8, 4) is 34.3 Å². The normalized spacial score (nSPS) is 14.0. The molecule has 3 aromatic rings. The minimum atomic E-state index is -3.70. The Morgan fingerprint density at radius 2 is 1.86 bits per heavy atom. The summed E-state index contributed by atoms with van der Waals surface area (Å²) in [7, 11) is -2.21. The third-order valence-corrected chi connectivity index (χ3v) is 5.50.